The van der Waals surface area contributed by atoms with Crippen LogP contribution in [0, 0.1) is 0 Å². The maximum atomic E-state index is 10.7. The van der Waals surface area contributed by atoms with Gasteiger partial charge in [-0.05, 0) is 6.42 Å². The predicted molar refractivity (Wildman–Crippen MR) is 52.0 cm³/mol. The molecule has 4 nitrogen and oxygen atoms in total. The monoisotopic (exact) mass is 189 g/mol. The number of hydrogen-bond donors (Lipinski definition) is 2. The maximum absolute atomic E-state index is 10.7. The summed E-state index contributed by atoms with van der Waals surface area (Å²) in [5.41, 5.74) is 0. The molecule has 1 atom stereocenters. The Morgan fingerprint density at radius 3 is 2.46 bits per heavy atom. The minimum Gasteiger partial charge on any atom is -0.387 e. The minimum atomic E-state index is -0.288. The summed E-state index contributed by atoms with van der Waals surface area (Å²) in [6, 6.07) is 0. The fourth-order valence-corrected chi connectivity index (χ4v) is 1.09. The number of aliphatic hydroxyl groups is 1. The quantitative estimate of drug-likeness (QED) is 0.470. The summed E-state index contributed by atoms with van der Waals surface area (Å²) < 4.78 is 0.606. The number of likely N-dealkylation sites (N-methyl/N-ethyl adjacent to an activating group) is 1. The molecule has 0 spiro atoms. The fourth-order valence-electron chi connectivity index (χ4n) is 1.09. The molecule has 0 saturated heterocycles. The molecule has 0 heterocycles. The van der Waals surface area contributed by atoms with Gasteiger partial charge in [0, 0.05) is 6.92 Å². The number of quaternary nitrogens is 1. The van der Waals surface area contributed by atoms with Gasteiger partial charge in [0.2, 0.25) is 5.91 Å². The Balaban J connectivity index is 3.85. The summed E-state index contributed by atoms with van der Waals surface area (Å²) in [5.74, 6) is -0.0304. The van der Waals surface area contributed by atoms with E-state index in [-0.39, 0.29) is 12.0 Å². The van der Waals surface area contributed by atoms with E-state index in [1.165, 1.54) is 6.92 Å². The number of carbonyl (C=O) groups is 1. The zero-order valence-corrected chi connectivity index (χ0v) is 9.00. The second-order valence-electron chi connectivity index (χ2n) is 4.07. The second kappa shape index (κ2) is 5.19. The van der Waals surface area contributed by atoms with Crippen molar-refractivity contribution in [2.75, 3.05) is 27.3 Å². The van der Waals surface area contributed by atoms with Crippen molar-refractivity contribution in [1.82, 2.24) is 5.32 Å². The Morgan fingerprint density at radius 1 is 1.54 bits per heavy atom. The van der Waals surface area contributed by atoms with E-state index in [2.05, 4.69) is 5.32 Å². The Morgan fingerprint density at radius 2 is 2.08 bits per heavy atom. The Kier molecular flexibility index (Phi) is 4.95. The molecule has 0 aliphatic rings. The van der Waals surface area contributed by atoms with Gasteiger partial charge in [-0.2, -0.15) is 0 Å². The lowest BCUT2D eigenvalue weighted by atomic mass is 10.2. The molecule has 0 radical (unpaired) electrons. The molecule has 0 aromatic carbocycles. The number of nitrogens with one attached hydrogen (secondary N) is 1. The van der Waals surface area contributed by atoms with E-state index in [0.29, 0.717) is 17.7 Å². The highest BCUT2D eigenvalue weighted by atomic mass is 16.3. The first-order valence-electron chi connectivity index (χ1n) is 4.62. The highest BCUT2D eigenvalue weighted by molar-refractivity contribution is 5.72. The first-order valence-corrected chi connectivity index (χ1v) is 4.62. The SMILES string of the molecule is CCC(O)C[N+](C)(C)CNC(C)=O. The van der Waals surface area contributed by atoms with Crippen molar-refractivity contribution in [2.45, 2.75) is 26.4 Å². The number of rotatable bonds is 5. The summed E-state index contributed by atoms with van der Waals surface area (Å²) in [4.78, 5) is 10.7. The maximum Gasteiger partial charge on any atom is 0.221 e. The molecule has 13 heavy (non-hydrogen) atoms. The number of aliphatic hydroxyl groups excluding tert-OH is 1. The Hall–Kier alpha value is -0.610. The molecule has 0 aliphatic heterocycles. The van der Waals surface area contributed by atoms with Crippen LogP contribution in [0.5, 0.6) is 0 Å². The van der Waals surface area contributed by atoms with Crippen molar-refractivity contribution in [1.29, 1.82) is 0 Å². The van der Waals surface area contributed by atoms with Gasteiger partial charge >= 0.3 is 0 Å². The Labute approximate surface area is 80.1 Å². The fraction of sp³-hybridized carbons (Fsp3) is 0.889. The van der Waals surface area contributed by atoms with Gasteiger partial charge < -0.3 is 14.9 Å². The Bertz CT molecular complexity index is 169. The standard InChI is InChI=1S/C9H20N2O2/c1-5-9(13)6-11(3,4)7-10-8(2)12/h9,13H,5-7H2,1-4H3/p+1. The van der Waals surface area contributed by atoms with Crippen LogP contribution in [0.2, 0.25) is 0 Å². The van der Waals surface area contributed by atoms with Crippen LogP contribution >= 0.6 is 0 Å². The molecule has 0 fully saturated rings. The van der Waals surface area contributed by atoms with Gasteiger partial charge in [-0.1, -0.05) is 6.92 Å². The van der Waals surface area contributed by atoms with E-state index in [1.807, 2.05) is 21.0 Å². The van der Waals surface area contributed by atoms with Gasteiger partial charge in [0.15, 0.2) is 6.67 Å². The zero-order valence-electron chi connectivity index (χ0n) is 9.00. The molecule has 0 aliphatic carbocycles. The lowest BCUT2D eigenvalue weighted by molar-refractivity contribution is -0.895. The van der Waals surface area contributed by atoms with Crippen LogP contribution in [-0.4, -0.2) is 48.9 Å². The van der Waals surface area contributed by atoms with E-state index in [1.54, 1.807) is 0 Å². The minimum absolute atomic E-state index is 0.0304. The molecule has 0 bridgehead atoms. The van der Waals surface area contributed by atoms with Gasteiger partial charge in [-0.3, -0.25) is 4.79 Å². The molecule has 4 heteroatoms. The summed E-state index contributed by atoms with van der Waals surface area (Å²) >= 11 is 0. The molecule has 0 saturated carbocycles. The van der Waals surface area contributed by atoms with Crippen LogP contribution in [0.15, 0.2) is 0 Å². The van der Waals surface area contributed by atoms with E-state index < -0.39 is 0 Å². The molecule has 0 aromatic heterocycles. The van der Waals surface area contributed by atoms with Crippen LogP contribution in [0.3, 0.4) is 0 Å². The average molecular weight is 189 g/mol. The van der Waals surface area contributed by atoms with E-state index in [4.69, 9.17) is 0 Å². The first kappa shape index (κ1) is 12.4. The summed E-state index contributed by atoms with van der Waals surface area (Å²) in [6.07, 6.45) is 0.464. The second-order valence-corrected chi connectivity index (χ2v) is 4.07. The van der Waals surface area contributed by atoms with Crippen molar-refractivity contribution in [3.63, 3.8) is 0 Å². The number of hydrogen-bond acceptors (Lipinski definition) is 2. The third kappa shape index (κ3) is 6.54. The van der Waals surface area contributed by atoms with E-state index in [0.717, 1.165) is 6.42 Å². The topological polar surface area (TPSA) is 49.3 Å². The summed E-state index contributed by atoms with van der Waals surface area (Å²) in [6.45, 7) is 4.67. The smallest absolute Gasteiger partial charge is 0.221 e. The van der Waals surface area contributed by atoms with Crippen LogP contribution in [0.4, 0.5) is 0 Å². The van der Waals surface area contributed by atoms with Crippen LogP contribution in [-0.2, 0) is 4.79 Å². The van der Waals surface area contributed by atoms with Gasteiger partial charge in [0.25, 0.3) is 0 Å². The van der Waals surface area contributed by atoms with E-state index >= 15 is 0 Å². The highest BCUT2D eigenvalue weighted by Gasteiger charge is 2.19. The van der Waals surface area contributed by atoms with Gasteiger partial charge in [-0.25, -0.2) is 0 Å². The lowest BCUT2D eigenvalue weighted by Crippen LogP contribution is -2.51. The summed E-state index contributed by atoms with van der Waals surface area (Å²) in [5, 5.41) is 12.2. The zero-order chi connectivity index (χ0) is 10.5. The van der Waals surface area contributed by atoms with Gasteiger partial charge in [0.05, 0.1) is 14.1 Å². The largest absolute Gasteiger partial charge is 0.387 e. The third-order valence-corrected chi connectivity index (χ3v) is 1.93. The molecular formula is C9H21N2O2+. The van der Waals surface area contributed by atoms with Gasteiger partial charge in [0.1, 0.15) is 12.6 Å². The first-order chi connectivity index (χ1) is 5.87. The van der Waals surface area contributed by atoms with Crippen molar-refractivity contribution < 1.29 is 14.4 Å². The normalized spacial score (nSPS) is 13.9. The van der Waals surface area contributed by atoms with E-state index in [9.17, 15) is 9.90 Å². The lowest BCUT2D eigenvalue weighted by Gasteiger charge is -2.31. The third-order valence-electron chi connectivity index (χ3n) is 1.93. The molecular weight excluding hydrogens is 168 g/mol. The molecule has 1 unspecified atom stereocenters. The van der Waals surface area contributed by atoms with Crippen LogP contribution < -0.4 is 5.32 Å². The van der Waals surface area contributed by atoms with Crippen molar-refractivity contribution in [3.8, 4) is 0 Å². The van der Waals surface area contributed by atoms with Crippen LogP contribution in [0.25, 0.3) is 0 Å². The predicted octanol–water partition coefficient (Wildman–Crippen LogP) is -0.0727. The molecule has 0 rings (SSSR count). The van der Waals surface area contributed by atoms with Crippen molar-refractivity contribution >= 4 is 5.91 Å². The molecule has 2 N–H and O–H groups in total. The molecule has 1 amide bonds. The summed E-state index contributed by atoms with van der Waals surface area (Å²) in [7, 11) is 3.96. The van der Waals surface area contributed by atoms with Crippen molar-refractivity contribution in [3.05, 3.63) is 0 Å². The van der Waals surface area contributed by atoms with Crippen molar-refractivity contribution in [2.24, 2.45) is 0 Å². The number of nitrogens with zero attached hydrogens (tertiary/aromatic N) is 1. The van der Waals surface area contributed by atoms with Gasteiger partial charge in [-0.15, -0.1) is 0 Å². The molecule has 78 valence electrons. The number of amides is 1. The average Bonchev–Trinajstić information content (AvgIpc) is 2.00. The van der Waals surface area contributed by atoms with Crippen LogP contribution in [0.1, 0.15) is 20.3 Å². The number of carbonyl (C=O) groups excluding carboxylic acids is 1. The molecule has 0 aromatic rings. The highest BCUT2D eigenvalue weighted by Crippen LogP contribution is 2.00.